The molecule has 0 unspecified atom stereocenters. The maximum absolute atomic E-state index is 12.3. The zero-order valence-electron chi connectivity index (χ0n) is 10.8. The highest BCUT2D eigenvalue weighted by atomic mass is 79.9. The highest BCUT2D eigenvalue weighted by Crippen LogP contribution is 2.26. The van der Waals surface area contributed by atoms with Gasteiger partial charge in [-0.05, 0) is 35.6 Å². The summed E-state index contributed by atoms with van der Waals surface area (Å²) in [6, 6.07) is 7.43. The van der Waals surface area contributed by atoms with Crippen LogP contribution in [0.15, 0.2) is 39.0 Å². The molecule has 0 radical (unpaired) electrons. The summed E-state index contributed by atoms with van der Waals surface area (Å²) in [6.45, 7) is 1.66. The minimum absolute atomic E-state index is 0.194. The molecule has 0 bridgehead atoms. The van der Waals surface area contributed by atoms with Crippen molar-refractivity contribution in [2.45, 2.75) is 25.0 Å². The molecule has 0 saturated carbocycles. The third-order valence-electron chi connectivity index (χ3n) is 2.76. The number of hydrogen-bond donors (Lipinski definition) is 2. The van der Waals surface area contributed by atoms with Crippen LogP contribution in [0.25, 0.3) is 0 Å². The first-order chi connectivity index (χ1) is 9.44. The van der Waals surface area contributed by atoms with Crippen molar-refractivity contribution in [1.29, 1.82) is 0 Å². The first-order valence-electron chi connectivity index (χ1n) is 5.86. The molecular formula is C13H14BrNO3S2. The van der Waals surface area contributed by atoms with Crippen LogP contribution in [0.1, 0.15) is 16.0 Å². The third kappa shape index (κ3) is 3.48. The lowest BCUT2D eigenvalue weighted by atomic mass is 10.2. The van der Waals surface area contributed by atoms with Crippen molar-refractivity contribution in [1.82, 2.24) is 4.72 Å². The Balaban J connectivity index is 2.21. The minimum Gasteiger partial charge on any atom is -0.391 e. The second-order valence-electron chi connectivity index (χ2n) is 4.28. The first-order valence-corrected chi connectivity index (χ1v) is 9.01. The molecular weight excluding hydrogens is 362 g/mol. The van der Waals surface area contributed by atoms with Crippen molar-refractivity contribution in [3.8, 4) is 0 Å². The van der Waals surface area contributed by atoms with Gasteiger partial charge in [0, 0.05) is 11.0 Å². The van der Waals surface area contributed by atoms with Gasteiger partial charge in [-0.2, -0.15) is 0 Å². The molecule has 4 nitrogen and oxygen atoms in total. The van der Waals surface area contributed by atoms with Gasteiger partial charge in [0.25, 0.3) is 0 Å². The van der Waals surface area contributed by atoms with E-state index in [4.69, 9.17) is 0 Å². The molecule has 0 spiro atoms. The lowest BCUT2D eigenvalue weighted by Crippen LogP contribution is -2.24. The van der Waals surface area contributed by atoms with Crippen molar-refractivity contribution in [2.75, 3.05) is 0 Å². The van der Waals surface area contributed by atoms with Gasteiger partial charge in [-0.1, -0.05) is 28.1 Å². The van der Waals surface area contributed by atoms with Crippen LogP contribution in [0.2, 0.25) is 0 Å². The van der Waals surface area contributed by atoms with E-state index in [1.807, 2.05) is 24.3 Å². The molecule has 1 heterocycles. The molecule has 0 atom stereocenters. The van der Waals surface area contributed by atoms with E-state index in [0.29, 0.717) is 10.4 Å². The summed E-state index contributed by atoms with van der Waals surface area (Å²) in [5.74, 6) is 0. The average Bonchev–Trinajstić information content (AvgIpc) is 2.78. The Morgan fingerprint density at radius 1 is 1.40 bits per heavy atom. The van der Waals surface area contributed by atoms with E-state index < -0.39 is 10.0 Å². The van der Waals surface area contributed by atoms with Crippen LogP contribution in [0.4, 0.5) is 0 Å². The van der Waals surface area contributed by atoms with Gasteiger partial charge in [0.1, 0.15) is 4.90 Å². The number of aryl methyl sites for hydroxylation is 1. The molecule has 2 rings (SSSR count). The zero-order chi connectivity index (χ0) is 14.8. The number of hydrogen-bond acceptors (Lipinski definition) is 4. The second kappa shape index (κ2) is 6.36. The van der Waals surface area contributed by atoms with Gasteiger partial charge in [0.05, 0.1) is 11.5 Å². The molecule has 7 heteroatoms. The van der Waals surface area contributed by atoms with Crippen LogP contribution < -0.4 is 4.72 Å². The molecule has 2 N–H and O–H groups in total. The molecule has 0 aliphatic heterocycles. The Morgan fingerprint density at radius 3 is 2.80 bits per heavy atom. The highest BCUT2D eigenvalue weighted by molar-refractivity contribution is 9.10. The lowest BCUT2D eigenvalue weighted by molar-refractivity contribution is 0.282. The van der Waals surface area contributed by atoms with E-state index in [1.54, 1.807) is 12.3 Å². The molecule has 0 fully saturated rings. The van der Waals surface area contributed by atoms with Crippen molar-refractivity contribution in [2.24, 2.45) is 0 Å². The molecule has 1 aromatic heterocycles. The topological polar surface area (TPSA) is 66.4 Å². The summed E-state index contributed by atoms with van der Waals surface area (Å²) in [5.41, 5.74) is 1.52. The summed E-state index contributed by atoms with van der Waals surface area (Å²) >= 11 is 4.60. The van der Waals surface area contributed by atoms with Gasteiger partial charge >= 0.3 is 0 Å². The number of rotatable bonds is 5. The van der Waals surface area contributed by atoms with Crippen LogP contribution in [0, 0.1) is 6.92 Å². The van der Waals surface area contributed by atoms with E-state index in [0.717, 1.165) is 10.0 Å². The number of aliphatic hydroxyl groups is 1. The quantitative estimate of drug-likeness (QED) is 0.844. The average molecular weight is 376 g/mol. The molecule has 0 aliphatic rings. The summed E-state index contributed by atoms with van der Waals surface area (Å²) in [4.78, 5) is 0.657. The molecule has 1 aromatic carbocycles. The monoisotopic (exact) mass is 375 g/mol. The predicted molar refractivity (Wildman–Crippen MR) is 83.1 cm³/mol. The van der Waals surface area contributed by atoms with Crippen molar-refractivity contribution >= 4 is 37.3 Å². The number of nitrogens with one attached hydrogen (secondary N) is 1. The van der Waals surface area contributed by atoms with Crippen molar-refractivity contribution in [3.63, 3.8) is 0 Å². The maximum atomic E-state index is 12.3. The van der Waals surface area contributed by atoms with E-state index in [-0.39, 0.29) is 18.0 Å². The third-order valence-corrected chi connectivity index (χ3v) is 6.10. The Labute approximate surface area is 130 Å². The smallest absolute Gasteiger partial charge is 0.242 e. The first kappa shape index (κ1) is 15.7. The Morgan fingerprint density at radius 2 is 2.15 bits per heavy atom. The zero-order valence-corrected chi connectivity index (χ0v) is 14.0. The Bertz CT molecular complexity index is 710. The van der Waals surface area contributed by atoms with E-state index >= 15 is 0 Å². The predicted octanol–water partition coefficient (Wildman–Crippen LogP) is 2.79. The lowest BCUT2D eigenvalue weighted by Gasteiger charge is -2.08. The number of thiophene rings is 1. The van der Waals surface area contributed by atoms with Gasteiger partial charge in [0.15, 0.2) is 0 Å². The van der Waals surface area contributed by atoms with Crippen LogP contribution in [-0.4, -0.2) is 13.5 Å². The number of aliphatic hydroxyl groups excluding tert-OH is 1. The molecule has 20 heavy (non-hydrogen) atoms. The van der Waals surface area contributed by atoms with E-state index in [1.165, 1.54) is 11.3 Å². The maximum Gasteiger partial charge on any atom is 0.242 e. The van der Waals surface area contributed by atoms with Crippen LogP contribution in [0.5, 0.6) is 0 Å². The van der Waals surface area contributed by atoms with Gasteiger partial charge in [0.2, 0.25) is 10.0 Å². The van der Waals surface area contributed by atoms with Gasteiger partial charge in [-0.15, -0.1) is 11.3 Å². The number of benzene rings is 1. The van der Waals surface area contributed by atoms with Gasteiger partial charge in [-0.3, -0.25) is 0 Å². The summed E-state index contributed by atoms with van der Waals surface area (Å²) in [7, 11) is -3.62. The van der Waals surface area contributed by atoms with Crippen LogP contribution >= 0.6 is 27.3 Å². The molecule has 108 valence electrons. The highest BCUT2D eigenvalue weighted by Gasteiger charge is 2.22. The molecule has 0 amide bonds. The van der Waals surface area contributed by atoms with Gasteiger partial charge < -0.3 is 5.11 Å². The normalized spacial score (nSPS) is 11.8. The van der Waals surface area contributed by atoms with Crippen molar-refractivity contribution < 1.29 is 13.5 Å². The van der Waals surface area contributed by atoms with Crippen LogP contribution in [0.3, 0.4) is 0 Å². The summed E-state index contributed by atoms with van der Waals surface area (Å²) < 4.78 is 28.1. The molecule has 0 saturated heterocycles. The molecule has 2 aromatic rings. The number of halogens is 1. The van der Waals surface area contributed by atoms with Crippen LogP contribution in [-0.2, 0) is 23.2 Å². The fraction of sp³-hybridized carbons (Fsp3) is 0.231. The second-order valence-corrected chi connectivity index (χ2v) is 7.87. The number of sulfonamides is 1. The SMILES string of the molecule is Cc1csc(CO)c1S(=O)(=O)NCc1cccc(Br)c1. The standard InChI is InChI=1S/C13H14BrNO3S2/c1-9-8-19-12(7-16)13(9)20(17,18)15-6-10-3-2-4-11(14)5-10/h2-5,8,15-16H,6-7H2,1H3. The van der Waals surface area contributed by atoms with Crippen molar-refractivity contribution in [3.05, 3.63) is 50.1 Å². The minimum atomic E-state index is -3.62. The fourth-order valence-electron chi connectivity index (χ4n) is 1.85. The largest absolute Gasteiger partial charge is 0.391 e. The Kier molecular flexibility index (Phi) is 4.98. The summed E-state index contributed by atoms with van der Waals surface area (Å²) in [5, 5.41) is 11.0. The van der Waals surface area contributed by atoms with E-state index in [9.17, 15) is 13.5 Å². The summed E-state index contributed by atoms with van der Waals surface area (Å²) in [6.07, 6.45) is 0. The van der Waals surface area contributed by atoms with E-state index in [2.05, 4.69) is 20.7 Å². The van der Waals surface area contributed by atoms with Gasteiger partial charge in [-0.25, -0.2) is 13.1 Å². The fourth-order valence-corrected chi connectivity index (χ4v) is 4.98. The molecule has 0 aliphatic carbocycles. The Hall–Kier alpha value is -0.730.